The summed E-state index contributed by atoms with van der Waals surface area (Å²) in [5.74, 6) is -0.784. The van der Waals surface area contributed by atoms with Crippen LogP contribution in [0.5, 0.6) is 0 Å². The zero-order chi connectivity index (χ0) is 14.0. The molecule has 0 saturated carbocycles. The van der Waals surface area contributed by atoms with Gasteiger partial charge in [0.2, 0.25) is 0 Å². The van der Waals surface area contributed by atoms with Gasteiger partial charge in [0.25, 0.3) is 5.91 Å². The van der Waals surface area contributed by atoms with E-state index >= 15 is 0 Å². The maximum Gasteiger partial charge on any atom is 0.256 e. The summed E-state index contributed by atoms with van der Waals surface area (Å²) in [4.78, 5) is 12.1. The van der Waals surface area contributed by atoms with Crippen LogP contribution in [0.4, 0.5) is 10.1 Å². The Bertz CT molecular complexity index is 649. The molecule has 0 radical (unpaired) electrons. The lowest BCUT2D eigenvalue weighted by Gasteiger charge is -2.09. The molecule has 2 nitrogen and oxygen atoms in total. The molecule has 0 atom stereocenters. The van der Waals surface area contributed by atoms with E-state index in [4.69, 9.17) is 11.6 Å². The molecular formula is C13H7Br2ClFNO. The van der Waals surface area contributed by atoms with E-state index in [0.717, 1.165) is 10.5 Å². The highest BCUT2D eigenvalue weighted by molar-refractivity contribution is 9.11. The van der Waals surface area contributed by atoms with Crippen LogP contribution in [0.15, 0.2) is 45.3 Å². The number of halogens is 4. The number of carbonyl (C=O) groups excluding carboxylic acids is 1. The van der Waals surface area contributed by atoms with Crippen molar-refractivity contribution in [3.63, 3.8) is 0 Å². The molecule has 2 aromatic rings. The lowest BCUT2D eigenvalue weighted by molar-refractivity contribution is 0.102. The first kappa shape index (κ1) is 14.5. The summed E-state index contributed by atoms with van der Waals surface area (Å²) in [6.45, 7) is 0. The Hall–Kier alpha value is -0.910. The molecule has 19 heavy (non-hydrogen) atoms. The van der Waals surface area contributed by atoms with Crippen LogP contribution in [0.2, 0.25) is 5.02 Å². The Morgan fingerprint density at radius 3 is 2.58 bits per heavy atom. The SMILES string of the molecule is O=C(Nc1ccc(F)cc1Cl)c1cc(Br)ccc1Br. The number of anilines is 1. The van der Waals surface area contributed by atoms with Crippen molar-refractivity contribution in [2.75, 3.05) is 5.32 Å². The van der Waals surface area contributed by atoms with Gasteiger partial charge in [-0.2, -0.15) is 0 Å². The highest BCUT2D eigenvalue weighted by Crippen LogP contribution is 2.26. The molecule has 0 aliphatic rings. The van der Waals surface area contributed by atoms with E-state index in [1.54, 1.807) is 12.1 Å². The quantitative estimate of drug-likeness (QED) is 0.723. The van der Waals surface area contributed by atoms with Crippen LogP contribution in [0, 0.1) is 5.82 Å². The average Bonchev–Trinajstić information content (AvgIpc) is 2.35. The Labute approximate surface area is 131 Å². The second-order valence-corrected chi connectivity index (χ2v) is 5.88. The maximum absolute atomic E-state index is 12.9. The summed E-state index contributed by atoms with van der Waals surface area (Å²) >= 11 is 12.5. The summed E-state index contributed by atoms with van der Waals surface area (Å²) in [5.41, 5.74) is 0.815. The first-order valence-corrected chi connectivity index (χ1v) is 7.15. The normalized spacial score (nSPS) is 10.3. The van der Waals surface area contributed by atoms with Crippen LogP contribution in [0.25, 0.3) is 0 Å². The Morgan fingerprint density at radius 1 is 1.16 bits per heavy atom. The molecular weight excluding hydrogens is 400 g/mol. The number of nitrogens with one attached hydrogen (secondary N) is 1. The summed E-state index contributed by atoms with van der Waals surface area (Å²) in [7, 11) is 0. The van der Waals surface area contributed by atoms with Crippen molar-refractivity contribution in [2.24, 2.45) is 0 Å². The van der Waals surface area contributed by atoms with Gasteiger partial charge in [0.05, 0.1) is 16.3 Å². The minimum atomic E-state index is -0.452. The van der Waals surface area contributed by atoms with E-state index in [1.807, 2.05) is 6.07 Å². The van der Waals surface area contributed by atoms with Gasteiger partial charge in [-0.05, 0) is 52.3 Å². The topological polar surface area (TPSA) is 29.1 Å². The number of carbonyl (C=O) groups is 1. The van der Waals surface area contributed by atoms with Crippen LogP contribution < -0.4 is 5.32 Å². The predicted molar refractivity (Wildman–Crippen MR) is 81.2 cm³/mol. The van der Waals surface area contributed by atoms with Gasteiger partial charge in [0.1, 0.15) is 5.82 Å². The molecule has 1 N–H and O–H groups in total. The van der Waals surface area contributed by atoms with Crippen molar-refractivity contribution in [2.45, 2.75) is 0 Å². The lowest BCUT2D eigenvalue weighted by atomic mass is 10.2. The van der Waals surface area contributed by atoms with Gasteiger partial charge in [-0.15, -0.1) is 0 Å². The molecule has 0 spiro atoms. The summed E-state index contributed by atoms with van der Waals surface area (Å²) in [6.07, 6.45) is 0. The van der Waals surface area contributed by atoms with Gasteiger partial charge in [0, 0.05) is 8.95 Å². The Balaban J connectivity index is 2.28. The minimum absolute atomic E-state index is 0.152. The van der Waals surface area contributed by atoms with Gasteiger partial charge in [-0.25, -0.2) is 4.39 Å². The van der Waals surface area contributed by atoms with Crippen molar-refractivity contribution in [3.05, 3.63) is 61.7 Å². The van der Waals surface area contributed by atoms with E-state index in [-0.39, 0.29) is 10.9 Å². The third kappa shape index (κ3) is 3.55. The first-order valence-electron chi connectivity index (χ1n) is 5.19. The van der Waals surface area contributed by atoms with Crippen LogP contribution in [-0.2, 0) is 0 Å². The van der Waals surface area contributed by atoms with Crippen molar-refractivity contribution in [1.29, 1.82) is 0 Å². The third-order valence-corrected chi connectivity index (χ3v) is 3.85. The molecule has 0 heterocycles. The maximum atomic E-state index is 12.9. The molecule has 2 aromatic carbocycles. The molecule has 1 amide bonds. The lowest BCUT2D eigenvalue weighted by Crippen LogP contribution is -2.13. The third-order valence-electron chi connectivity index (χ3n) is 2.35. The van der Waals surface area contributed by atoms with E-state index in [9.17, 15) is 9.18 Å². The minimum Gasteiger partial charge on any atom is -0.321 e. The van der Waals surface area contributed by atoms with Crippen molar-refractivity contribution in [1.82, 2.24) is 0 Å². The van der Waals surface area contributed by atoms with Crippen molar-refractivity contribution < 1.29 is 9.18 Å². The number of hydrogen-bond donors (Lipinski definition) is 1. The van der Waals surface area contributed by atoms with Crippen LogP contribution in [0.1, 0.15) is 10.4 Å². The van der Waals surface area contributed by atoms with Crippen LogP contribution in [-0.4, -0.2) is 5.91 Å². The number of amides is 1. The predicted octanol–water partition coefficient (Wildman–Crippen LogP) is 5.26. The zero-order valence-corrected chi connectivity index (χ0v) is 13.3. The molecule has 0 aliphatic carbocycles. The second-order valence-electron chi connectivity index (χ2n) is 3.70. The summed E-state index contributed by atoms with van der Waals surface area (Å²) in [6, 6.07) is 9.04. The molecule has 0 fully saturated rings. The summed E-state index contributed by atoms with van der Waals surface area (Å²) in [5, 5.41) is 2.79. The molecule has 98 valence electrons. The smallest absolute Gasteiger partial charge is 0.256 e. The number of hydrogen-bond acceptors (Lipinski definition) is 1. The van der Waals surface area contributed by atoms with Gasteiger partial charge in [-0.1, -0.05) is 27.5 Å². The van der Waals surface area contributed by atoms with E-state index in [1.165, 1.54) is 12.1 Å². The largest absolute Gasteiger partial charge is 0.321 e. The van der Waals surface area contributed by atoms with Gasteiger partial charge < -0.3 is 5.32 Å². The molecule has 0 bridgehead atoms. The molecule has 0 aromatic heterocycles. The molecule has 0 saturated heterocycles. The van der Waals surface area contributed by atoms with Crippen molar-refractivity contribution >= 4 is 55.1 Å². The van der Waals surface area contributed by atoms with E-state index in [0.29, 0.717) is 15.7 Å². The second kappa shape index (κ2) is 6.03. The van der Waals surface area contributed by atoms with Crippen molar-refractivity contribution in [3.8, 4) is 0 Å². The van der Waals surface area contributed by atoms with Gasteiger partial charge in [-0.3, -0.25) is 4.79 Å². The Kier molecular flexibility index (Phi) is 4.60. The Morgan fingerprint density at radius 2 is 1.89 bits per heavy atom. The highest BCUT2D eigenvalue weighted by atomic mass is 79.9. The fourth-order valence-electron chi connectivity index (χ4n) is 1.45. The molecule has 0 aliphatic heterocycles. The van der Waals surface area contributed by atoms with Gasteiger partial charge in [0.15, 0.2) is 0 Å². The summed E-state index contributed by atoms with van der Waals surface area (Å²) < 4.78 is 14.4. The standard InChI is InChI=1S/C13H7Br2ClFNO/c14-7-1-3-10(15)9(5-7)13(19)18-12-4-2-8(17)6-11(12)16/h1-6H,(H,18,19). The highest BCUT2D eigenvalue weighted by Gasteiger charge is 2.12. The monoisotopic (exact) mass is 405 g/mol. The van der Waals surface area contributed by atoms with Crippen LogP contribution >= 0.6 is 43.5 Å². The first-order chi connectivity index (χ1) is 8.97. The fraction of sp³-hybridized carbons (Fsp3) is 0. The number of rotatable bonds is 2. The molecule has 2 rings (SSSR count). The van der Waals surface area contributed by atoms with E-state index in [2.05, 4.69) is 37.2 Å². The average molecular weight is 407 g/mol. The zero-order valence-electron chi connectivity index (χ0n) is 9.38. The van der Waals surface area contributed by atoms with Gasteiger partial charge >= 0.3 is 0 Å². The van der Waals surface area contributed by atoms with E-state index < -0.39 is 5.82 Å². The fourth-order valence-corrected chi connectivity index (χ4v) is 2.45. The van der Waals surface area contributed by atoms with Crippen LogP contribution in [0.3, 0.4) is 0 Å². The molecule has 0 unspecified atom stereocenters. The molecule has 6 heteroatoms. The number of benzene rings is 2.